The summed E-state index contributed by atoms with van der Waals surface area (Å²) in [5, 5.41) is 11.9. The number of halogens is 3. The summed E-state index contributed by atoms with van der Waals surface area (Å²) in [5.41, 5.74) is 0.501. The number of alkyl halides is 3. The molecule has 2 aliphatic rings. The summed E-state index contributed by atoms with van der Waals surface area (Å²) in [6, 6.07) is 1.60. The maximum Gasteiger partial charge on any atom is 0.405 e. The molecule has 2 aliphatic heterocycles. The van der Waals surface area contributed by atoms with Crippen LogP contribution in [-0.4, -0.2) is 51.8 Å². The van der Waals surface area contributed by atoms with E-state index in [0.29, 0.717) is 11.3 Å². The number of hydrogen-bond acceptors (Lipinski definition) is 4. The van der Waals surface area contributed by atoms with Gasteiger partial charge in [0.1, 0.15) is 6.54 Å². The molecule has 1 fully saturated rings. The molecule has 0 aliphatic carbocycles. The van der Waals surface area contributed by atoms with Crippen molar-refractivity contribution >= 4 is 17.9 Å². The molecule has 10 heteroatoms. The second kappa shape index (κ2) is 8.25. The predicted octanol–water partition coefficient (Wildman–Crippen LogP) is 1.46. The Kier molecular flexibility index (Phi) is 6.07. The van der Waals surface area contributed by atoms with Crippen LogP contribution in [0.1, 0.15) is 37.6 Å². The van der Waals surface area contributed by atoms with Gasteiger partial charge in [-0.05, 0) is 19.1 Å². The quantitative estimate of drug-likeness (QED) is 0.744. The lowest BCUT2D eigenvalue weighted by atomic mass is 9.86. The third-order valence-electron chi connectivity index (χ3n) is 5.78. The van der Waals surface area contributed by atoms with Crippen molar-refractivity contribution < 1.29 is 27.9 Å². The summed E-state index contributed by atoms with van der Waals surface area (Å²) < 4.78 is 39.4. The van der Waals surface area contributed by atoms with E-state index in [1.807, 2.05) is 5.32 Å². The van der Waals surface area contributed by atoms with Crippen molar-refractivity contribution in [2.45, 2.75) is 45.1 Å². The van der Waals surface area contributed by atoms with E-state index in [-0.39, 0.29) is 24.4 Å². The number of rotatable bonds is 5. The van der Waals surface area contributed by atoms with Gasteiger partial charge in [0.15, 0.2) is 0 Å². The fourth-order valence-electron chi connectivity index (χ4n) is 4.56. The van der Waals surface area contributed by atoms with Gasteiger partial charge < -0.3 is 19.9 Å². The van der Waals surface area contributed by atoms with Gasteiger partial charge in [-0.15, -0.1) is 0 Å². The Morgan fingerprint density at radius 2 is 2.03 bits per heavy atom. The Bertz CT molecular complexity index is 925. The highest BCUT2D eigenvalue weighted by atomic mass is 19.4. The zero-order chi connectivity index (χ0) is 22.2. The Labute approximate surface area is 171 Å². The average molecular weight is 427 g/mol. The second-order valence-corrected chi connectivity index (χ2v) is 7.50. The van der Waals surface area contributed by atoms with Gasteiger partial charge in [-0.2, -0.15) is 13.2 Å². The van der Waals surface area contributed by atoms with Crippen LogP contribution in [-0.2, 0) is 16.1 Å². The first-order valence-corrected chi connectivity index (χ1v) is 9.77. The molecule has 2 N–H and O–H groups in total. The highest BCUT2D eigenvalue weighted by Gasteiger charge is 2.57. The molecule has 30 heavy (non-hydrogen) atoms. The minimum absolute atomic E-state index is 0.0656. The summed E-state index contributed by atoms with van der Waals surface area (Å²) in [4.78, 5) is 39.8. The SMILES string of the molecule is C/C=C\c1ccc2n(c1=O)C[C@H]1[C@H](CO)[C@@H](C(=O)NCC(F)(F)F)[C@@H]2N1C(=O)CC. The third-order valence-corrected chi connectivity index (χ3v) is 5.78. The van der Waals surface area contributed by atoms with Crippen molar-refractivity contribution in [2.24, 2.45) is 11.8 Å². The number of hydrogen-bond donors (Lipinski definition) is 2. The van der Waals surface area contributed by atoms with Gasteiger partial charge in [0.05, 0.1) is 18.0 Å². The molecule has 1 aromatic rings. The first-order valence-electron chi connectivity index (χ1n) is 9.77. The highest BCUT2D eigenvalue weighted by molar-refractivity contribution is 5.84. The van der Waals surface area contributed by atoms with Crippen LogP contribution >= 0.6 is 0 Å². The number of amides is 2. The number of aliphatic hydroxyl groups is 1. The van der Waals surface area contributed by atoms with E-state index in [9.17, 15) is 32.7 Å². The minimum Gasteiger partial charge on any atom is -0.396 e. The van der Waals surface area contributed by atoms with Crippen LogP contribution in [0.25, 0.3) is 6.08 Å². The summed E-state index contributed by atoms with van der Waals surface area (Å²) in [5.74, 6) is -3.07. The number of pyridine rings is 1. The topological polar surface area (TPSA) is 91.6 Å². The predicted molar refractivity (Wildman–Crippen MR) is 102 cm³/mol. The molecular weight excluding hydrogens is 403 g/mol. The van der Waals surface area contributed by atoms with Crippen LogP contribution in [0.4, 0.5) is 13.2 Å². The zero-order valence-corrected chi connectivity index (χ0v) is 16.6. The van der Waals surface area contributed by atoms with Crippen LogP contribution in [0.15, 0.2) is 23.0 Å². The second-order valence-electron chi connectivity index (χ2n) is 7.50. The number of fused-ring (bicyclic) bond motifs is 4. The number of carbonyl (C=O) groups excluding carboxylic acids is 2. The lowest BCUT2D eigenvalue weighted by Crippen LogP contribution is -2.49. The largest absolute Gasteiger partial charge is 0.405 e. The van der Waals surface area contributed by atoms with Crippen LogP contribution in [0.2, 0.25) is 0 Å². The number of carbonyl (C=O) groups is 2. The number of aromatic nitrogens is 1. The molecule has 2 amide bonds. The molecule has 0 radical (unpaired) electrons. The zero-order valence-electron chi connectivity index (χ0n) is 16.6. The van der Waals surface area contributed by atoms with Crippen molar-refractivity contribution in [1.29, 1.82) is 0 Å². The third kappa shape index (κ3) is 3.76. The van der Waals surface area contributed by atoms with E-state index >= 15 is 0 Å². The van der Waals surface area contributed by atoms with Gasteiger partial charge in [0.25, 0.3) is 5.56 Å². The number of aliphatic hydroxyl groups excluding tert-OH is 1. The summed E-state index contributed by atoms with van der Waals surface area (Å²) in [7, 11) is 0. The monoisotopic (exact) mass is 427 g/mol. The fourth-order valence-corrected chi connectivity index (χ4v) is 4.56. The first kappa shape index (κ1) is 22.1. The van der Waals surface area contributed by atoms with E-state index in [1.165, 1.54) is 9.47 Å². The molecule has 7 nitrogen and oxygen atoms in total. The van der Waals surface area contributed by atoms with E-state index in [2.05, 4.69) is 0 Å². The number of allylic oxidation sites excluding steroid dienone is 1. The lowest BCUT2D eigenvalue weighted by molar-refractivity contribution is -0.143. The summed E-state index contributed by atoms with van der Waals surface area (Å²) >= 11 is 0. The van der Waals surface area contributed by atoms with Crippen molar-refractivity contribution in [3.63, 3.8) is 0 Å². The smallest absolute Gasteiger partial charge is 0.396 e. The van der Waals surface area contributed by atoms with Crippen LogP contribution in [0.3, 0.4) is 0 Å². The molecule has 3 heterocycles. The fraction of sp³-hybridized carbons (Fsp3) is 0.550. The number of nitrogens with one attached hydrogen (secondary N) is 1. The Balaban J connectivity index is 2.11. The van der Waals surface area contributed by atoms with Gasteiger partial charge in [-0.25, -0.2) is 0 Å². The van der Waals surface area contributed by atoms with Crippen molar-refractivity contribution in [1.82, 2.24) is 14.8 Å². The molecule has 0 aromatic carbocycles. The van der Waals surface area contributed by atoms with Crippen LogP contribution in [0.5, 0.6) is 0 Å². The van der Waals surface area contributed by atoms with Gasteiger partial charge in [0.2, 0.25) is 11.8 Å². The van der Waals surface area contributed by atoms with Crippen LogP contribution < -0.4 is 10.9 Å². The Morgan fingerprint density at radius 1 is 1.33 bits per heavy atom. The molecule has 0 spiro atoms. The highest BCUT2D eigenvalue weighted by Crippen LogP contribution is 2.48. The average Bonchev–Trinajstić information content (AvgIpc) is 2.94. The van der Waals surface area contributed by atoms with Gasteiger partial charge >= 0.3 is 6.18 Å². The van der Waals surface area contributed by atoms with E-state index in [1.54, 1.807) is 38.1 Å². The maximum absolute atomic E-state index is 12.9. The Morgan fingerprint density at radius 3 is 2.60 bits per heavy atom. The Hall–Kier alpha value is -2.62. The van der Waals surface area contributed by atoms with E-state index < -0.39 is 49.2 Å². The maximum atomic E-state index is 12.9. The molecule has 1 saturated heterocycles. The van der Waals surface area contributed by atoms with Crippen molar-refractivity contribution in [3.8, 4) is 0 Å². The molecule has 3 rings (SSSR count). The van der Waals surface area contributed by atoms with Gasteiger partial charge in [0, 0.05) is 36.7 Å². The van der Waals surface area contributed by atoms with Gasteiger partial charge in [-0.3, -0.25) is 14.4 Å². The van der Waals surface area contributed by atoms with E-state index in [4.69, 9.17) is 0 Å². The normalized spacial score (nSPS) is 25.5. The first-order chi connectivity index (χ1) is 14.1. The molecule has 4 atom stereocenters. The van der Waals surface area contributed by atoms with E-state index in [0.717, 1.165) is 0 Å². The van der Waals surface area contributed by atoms with Crippen molar-refractivity contribution in [3.05, 3.63) is 39.8 Å². The molecule has 2 bridgehead atoms. The van der Waals surface area contributed by atoms with Crippen LogP contribution in [0, 0.1) is 11.8 Å². The molecular formula is C20H24F3N3O4. The summed E-state index contributed by atoms with van der Waals surface area (Å²) in [6.45, 7) is 1.47. The lowest BCUT2D eigenvalue weighted by Gasteiger charge is -2.38. The van der Waals surface area contributed by atoms with Crippen molar-refractivity contribution in [2.75, 3.05) is 13.2 Å². The molecule has 1 aromatic heterocycles. The molecule has 0 unspecified atom stereocenters. The number of nitrogens with zero attached hydrogens (tertiary/aromatic N) is 2. The standard InChI is InChI=1S/C20H24F3N3O4/c1-3-5-11-6-7-13-17-16(18(29)24-10-20(21,22)23)12(9-27)14(8-25(13)19(11)30)26(17)15(28)4-2/h3,5-7,12,14,16-17,27H,4,8-10H2,1-2H3,(H,24,29)/b5-3-/t12-,14-,16+,17+/m0/s1. The molecule has 164 valence electrons. The molecule has 0 saturated carbocycles. The minimum atomic E-state index is -4.59. The van der Waals surface area contributed by atoms with Gasteiger partial charge in [-0.1, -0.05) is 19.1 Å². The summed E-state index contributed by atoms with van der Waals surface area (Å²) in [6.07, 6.45) is -1.12.